The number of aromatic amines is 1. The average molecular weight is 709 g/mol. The Morgan fingerprint density at radius 2 is 1.72 bits per heavy atom. The van der Waals surface area contributed by atoms with Gasteiger partial charge in [-0.25, -0.2) is 9.55 Å². The van der Waals surface area contributed by atoms with Crippen molar-refractivity contribution in [2.45, 2.75) is 95.4 Å². The predicted molar refractivity (Wildman–Crippen MR) is 183 cm³/mol. The van der Waals surface area contributed by atoms with Gasteiger partial charge in [-0.15, -0.1) is 0 Å². The van der Waals surface area contributed by atoms with Crippen LogP contribution in [0.5, 0.6) is 5.75 Å². The van der Waals surface area contributed by atoms with Gasteiger partial charge in [0, 0.05) is 36.8 Å². The second-order valence-corrected chi connectivity index (χ2v) is 14.1. The third-order valence-corrected chi connectivity index (χ3v) is 9.82. The molecule has 50 heavy (non-hydrogen) atoms. The zero-order valence-electron chi connectivity index (χ0n) is 28.0. The maximum atomic E-state index is 14.1. The minimum Gasteiger partial charge on any atom is -0.404 e. The SMILES string of the molecule is CC[C@@H](Cc1ccc(OP(=O)(O)O)cc1)C(=O)N[C@H]1CCCCC2CC[C@@H](C(=O)N[C@@H](Cc3cnc[nH]3)C(=O)NCc3ccccc3)N2C1=O. The van der Waals surface area contributed by atoms with Gasteiger partial charge in [0.05, 0.1) is 6.33 Å². The van der Waals surface area contributed by atoms with E-state index in [1.54, 1.807) is 23.2 Å². The van der Waals surface area contributed by atoms with Crippen molar-refractivity contribution in [3.8, 4) is 5.75 Å². The smallest absolute Gasteiger partial charge is 0.404 e. The van der Waals surface area contributed by atoms with Crippen LogP contribution in [0.3, 0.4) is 0 Å². The van der Waals surface area contributed by atoms with Crippen LogP contribution in [0.25, 0.3) is 0 Å². The molecule has 3 heterocycles. The van der Waals surface area contributed by atoms with E-state index < -0.39 is 37.8 Å². The Labute approximate surface area is 291 Å². The fraction of sp³-hybridized carbons (Fsp3) is 0.457. The first-order valence-corrected chi connectivity index (χ1v) is 18.6. The van der Waals surface area contributed by atoms with E-state index in [9.17, 15) is 23.7 Å². The molecule has 2 saturated heterocycles. The van der Waals surface area contributed by atoms with Gasteiger partial charge >= 0.3 is 7.82 Å². The maximum Gasteiger partial charge on any atom is 0.524 e. The first-order valence-electron chi connectivity index (χ1n) is 17.1. The molecule has 15 heteroatoms. The van der Waals surface area contributed by atoms with Crippen LogP contribution in [0.2, 0.25) is 0 Å². The first kappa shape index (κ1) is 36.8. The van der Waals surface area contributed by atoms with Gasteiger partial charge in [-0.3, -0.25) is 29.0 Å². The molecule has 2 fully saturated rings. The van der Waals surface area contributed by atoms with Crippen LogP contribution >= 0.6 is 7.82 Å². The van der Waals surface area contributed by atoms with Crippen LogP contribution in [-0.2, 0) is 43.1 Å². The van der Waals surface area contributed by atoms with Gasteiger partial charge in [0.1, 0.15) is 23.9 Å². The Bertz CT molecular complexity index is 1650. The monoisotopic (exact) mass is 708 g/mol. The van der Waals surface area contributed by atoms with Crippen molar-refractivity contribution in [3.63, 3.8) is 0 Å². The molecule has 1 aromatic heterocycles. The lowest BCUT2D eigenvalue weighted by molar-refractivity contribution is -0.145. The number of nitrogens with one attached hydrogen (secondary N) is 4. The van der Waals surface area contributed by atoms with E-state index in [4.69, 9.17) is 9.79 Å². The van der Waals surface area contributed by atoms with Crippen molar-refractivity contribution >= 4 is 31.5 Å². The molecule has 5 atom stereocenters. The molecule has 1 unspecified atom stereocenters. The lowest BCUT2D eigenvalue weighted by Gasteiger charge is -2.36. The topological polar surface area (TPSA) is 203 Å². The number of fused-ring (bicyclic) bond motifs is 1. The summed E-state index contributed by atoms with van der Waals surface area (Å²) in [5, 5.41) is 8.81. The van der Waals surface area contributed by atoms with Crippen molar-refractivity contribution < 1.29 is 38.1 Å². The number of aromatic nitrogens is 2. The Morgan fingerprint density at radius 1 is 0.980 bits per heavy atom. The summed E-state index contributed by atoms with van der Waals surface area (Å²) in [6.45, 7) is 2.17. The molecule has 14 nitrogen and oxygen atoms in total. The highest BCUT2D eigenvalue weighted by Gasteiger charge is 2.44. The first-order chi connectivity index (χ1) is 24.0. The van der Waals surface area contributed by atoms with Gasteiger partial charge in [-0.1, -0.05) is 62.2 Å². The number of benzene rings is 2. The quantitative estimate of drug-likeness (QED) is 0.136. The third-order valence-electron chi connectivity index (χ3n) is 9.37. The average Bonchev–Trinajstić information content (AvgIpc) is 3.76. The number of H-pyrrole nitrogens is 1. The van der Waals surface area contributed by atoms with Gasteiger partial charge in [-0.05, 0) is 61.8 Å². The molecule has 0 saturated carbocycles. The van der Waals surface area contributed by atoms with E-state index >= 15 is 0 Å². The summed E-state index contributed by atoms with van der Waals surface area (Å²) in [6, 6.07) is 13.0. The van der Waals surface area contributed by atoms with E-state index in [1.165, 1.54) is 18.5 Å². The molecular weight excluding hydrogens is 663 g/mol. The van der Waals surface area contributed by atoms with Crippen molar-refractivity contribution in [2.24, 2.45) is 5.92 Å². The standard InChI is InChI=1S/C35H45N6O8P/c1-2-25(18-23-12-15-28(16-13-23)49-50(46,47)48)32(42)39-29-11-7-6-10-27-14-17-31(41(27)35(29)45)34(44)40-30(19-26-21-36-22-38-26)33(43)37-20-24-8-4-3-5-9-24/h3-5,8-9,12-13,15-16,21-22,25,27,29-31H,2,6-7,10-11,14,17-20H2,1H3,(H,36,38)(H,37,43)(H,39,42)(H,40,44)(H2,46,47,48)/t25-,27?,29-,30-,31-/m0/s1. The molecule has 268 valence electrons. The Kier molecular flexibility index (Phi) is 12.4. The lowest BCUT2D eigenvalue weighted by Crippen LogP contribution is -2.59. The minimum atomic E-state index is -4.69. The van der Waals surface area contributed by atoms with Crippen LogP contribution in [-0.4, -0.2) is 72.5 Å². The maximum absolute atomic E-state index is 14.1. The molecule has 5 rings (SSSR count). The zero-order chi connectivity index (χ0) is 35.7. The summed E-state index contributed by atoms with van der Waals surface area (Å²) in [5.74, 6) is -1.80. The van der Waals surface area contributed by atoms with Crippen LogP contribution in [0, 0.1) is 5.92 Å². The number of amides is 4. The molecule has 4 amide bonds. The van der Waals surface area contributed by atoms with Gasteiger partial charge in [0.15, 0.2) is 0 Å². The highest BCUT2D eigenvalue weighted by Crippen LogP contribution is 2.37. The van der Waals surface area contributed by atoms with Gasteiger partial charge < -0.3 is 30.4 Å². The van der Waals surface area contributed by atoms with Gasteiger partial charge in [-0.2, -0.15) is 0 Å². The fourth-order valence-electron chi connectivity index (χ4n) is 6.74. The summed E-state index contributed by atoms with van der Waals surface area (Å²) >= 11 is 0. The summed E-state index contributed by atoms with van der Waals surface area (Å²) in [5.41, 5.74) is 2.36. The molecule has 0 aliphatic carbocycles. The number of nitrogens with zero attached hydrogens (tertiary/aromatic N) is 2. The van der Waals surface area contributed by atoms with E-state index in [-0.39, 0.29) is 35.9 Å². The van der Waals surface area contributed by atoms with Gasteiger partial charge in [0.25, 0.3) is 0 Å². The molecular formula is C35H45N6O8P. The molecule has 6 N–H and O–H groups in total. The number of hydrogen-bond donors (Lipinski definition) is 6. The van der Waals surface area contributed by atoms with Crippen molar-refractivity contribution in [2.75, 3.05) is 0 Å². The molecule has 3 aromatic rings. The van der Waals surface area contributed by atoms with Gasteiger partial charge in [0.2, 0.25) is 23.6 Å². The number of carbonyl (C=O) groups excluding carboxylic acids is 4. The van der Waals surface area contributed by atoms with Crippen LogP contribution in [0.4, 0.5) is 0 Å². The van der Waals surface area contributed by atoms with Crippen molar-refractivity contribution in [1.29, 1.82) is 0 Å². The number of carbonyl (C=O) groups is 4. The lowest BCUT2D eigenvalue weighted by atomic mass is 9.94. The van der Waals surface area contributed by atoms with E-state index in [2.05, 4.69) is 30.4 Å². The summed E-state index contributed by atoms with van der Waals surface area (Å²) in [7, 11) is -4.69. The van der Waals surface area contributed by atoms with Crippen LogP contribution < -0.4 is 20.5 Å². The number of phosphoric ester groups is 1. The van der Waals surface area contributed by atoms with E-state index in [1.807, 2.05) is 37.3 Å². The fourth-order valence-corrected chi connectivity index (χ4v) is 7.14. The number of rotatable bonds is 14. The Hall–Kier alpha value is -4.52. The van der Waals surface area contributed by atoms with E-state index in [0.717, 1.165) is 30.4 Å². The Morgan fingerprint density at radius 3 is 2.40 bits per heavy atom. The molecule has 2 aliphatic heterocycles. The van der Waals surface area contributed by atoms with Crippen LogP contribution in [0.15, 0.2) is 67.1 Å². The molecule has 0 bridgehead atoms. The molecule has 2 aliphatic rings. The van der Waals surface area contributed by atoms with Crippen LogP contribution in [0.1, 0.15) is 68.7 Å². The summed E-state index contributed by atoms with van der Waals surface area (Å²) < 4.78 is 15.7. The molecule has 0 radical (unpaired) electrons. The minimum absolute atomic E-state index is 0.0129. The second kappa shape index (κ2) is 16.9. The predicted octanol–water partition coefficient (Wildman–Crippen LogP) is 2.91. The normalized spacial score (nSPS) is 20.5. The number of hydrogen-bond acceptors (Lipinski definition) is 7. The second-order valence-electron chi connectivity index (χ2n) is 12.9. The highest BCUT2D eigenvalue weighted by molar-refractivity contribution is 7.46. The summed E-state index contributed by atoms with van der Waals surface area (Å²) in [4.78, 5) is 81.7. The van der Waals surface area contributed by atoms with E-state index in [0.29, 0.717) is 44.3 Å². The number of imidazole rings is 1. The largest absolute Gasteiger partial charge is 0.524 e. The zero-order valence-corrected chi connectivity index (χ0v) is 28.9. The summed E-state index contributed by atoms with van der Waals surface area (Å²) in [6.07, 6.45) is 8.03. The van der Waals surface area contributed by atoms with Crippen molar-refractivity contribution in [1.82, 2.24) is 30.8 Å². The number of phosphoric acid groups is 1. The Balaban J connectivity index is 1.25. The molecule has 2 aromatic carbocycles. The van der Waals surface area contributed by atoms with Crippen molar-refractivity contribution in [3.05, 3.63) is 83.9 Å². The molecule has 0 spiro atoms. The third kappa shape index (κ3) is 10.0. The highest BCUT2D eigenvalue weighted by atomic mass is 31.2.